The normalized spacial score (nSPS) is 10.2. The third-order valence-electron chi connectivity index (χ3n) is 3.38. The predicted octanol–water partition coefficient (Wildman–Crippen LogP) is 1.93. The van der Waals surface area contributed by atoms with Gasteiger partial charge in [-0.05, 0) is 46.8 Å². The van der Waals surface area contributed by atoms with Crippen LogP contribution in [0.1, 0.15) is 10.4 Å². The molecule has 0 aliphatic carbocycles. The molecule has 122 valence electrons. The number of hydrogen-bond donors (Lipinski definition) is 1. The molecule has 0 radical (unpaired) electrons. The van der Waals surface area contributed by atoms with Crippen LogP contribution in [0.15, 0.2) is 48.8 Å². The van der Waals surface area contributed by atoms with E-state index in [1.807, 2.05) is 0 Å². The molecule has 0 aliphatic rings. The average Bonchev–Trinajstić information content (AvgIpc) is 3.16. The van der Waals surface area contributed by atoms with Crippen LogP contribution in [0.3, 0.4) is 0 Å². The van der Waals surface area contributed by atoms with Crippen molar-refractivity contribution in [1.29, 1.82) is 0 Å². The minimum absolute atomic E-state index is 0.231. The molecule has 0 aliphatic heterocycles. The van der Waals surface area contributed by atoms with Crippen molar-refractivity contribution in [2.75, 3.05) is 19.5 Å². The first-order valence-corrected chi connectivity index (χ1v) is 7.08. The number of methoxy groups -OCH3 is 2. The molecule has 8 nitrogen and oxygen atoms in total. The van der Waals surface area contributed by atoms with Crippen molar-refractivity contribution in [3.8, 4) is 17.2 Å². The van der Waals surface area contributed by atoms with Crippen molar-refractivity contribution in [2.24, 2.45) is 0 Å². The van der Waals surface area contributed by atoms with Crippen LogP contribution in [-0.2, 0) is 0 Å². The van der Waals surface area contributed by atoms with E-state index in [-0.39, 0.29) is 5.91 Å². The Kier molecular flexibility index (Phi) is 4.37. The largest absolute Gasteiger partial charge is 0.493 e. The summed E-state index contributed by atoms with van der Waals surface area (Å²) in [6.45, 7) is 0. The first-order chi connectivity index (χ1) is 11.7. The molecular weight excluding hydrogens is 310 g/mol. The topological polar surface area (TPSA) is 91.2 Å². The highest BCUT2D eigenvalue weighted by Crippen LogP contribution is 2.29. The zero-order chi connectivity index (χ0) is 16.9. The number of rotatable bonds is 5. The van der Waals surface area contributed by atoms with E-state index in [1.54, 1.807) is 56.7 Å². The van der Waals surface area contributed by atoms with Crippen molar-refractivity contribution >= 4 is 11.6 Å². The third-order valence-corrected chi connectivity index (χ3v) is 3.38. The van der Waals surface area contributed by atoms with Crippen molar-refractivity contribution < 1.29 is 14.3 Å². The van der Waals surface area contributed by atoms with Gasteiger partial charge in [-0.2, -0.15) is 0 Å². The fraction of sp³-hybridized carbons (Fsp3) is 0.125. The summed E-state index contributed by atoms with van der Waals surface area (Å²) in [5.74, 6) is 0.913. The summed E-state index contributed by atoms with van der Waals surface area (Å²) in [6.07, 6.45) is 1.48. The molecule has 0 saturated heterocycles. The number of hydrogen-bond acceptors (Lipinski definition) is 6. The third kappa shape index (κ3) is 3.17. The van der Waals surface area contributed by atoms with Crippen LogP contribution in [0.5, 0.6) is 11.5 Å². The van der Waals surface area contributed by atoms with Crippen LogP contribution in [0.2, 0.25) is 0 Å². The Labute approximate surface area is 138 Å². The number of tetrazole rings is 1. The van der Waals surface area contributed by atoms with Gasteiger partial charge in [-0.25, -0.2) is 4.68 Å². The predicted molar refractivity (Wildman–Crippen MR) is 86.7 cm³/mol. The molecule has 2 aromatic carbocycles. The van der Waals surface area contributed by atoms with Crippen molar-refractivity contribution in [3.05, 3.63) is 54.4 Å². The number of benzene rings is 2. The minimum Gasteiger partial charge on any atom is -0.493 e. The summed E-state index contributed by atoms with van der Waals surface area (Å²) in [7, 11) is 3.10. The van der Waals surface area contributed by atoms with Gasteiger partial charge in [0.1, 0.15) is 6.33 Å². The summed E-state index contributed by atoms with van der Waals surface area (Å²) in [4.78, 5) is 12.3. The number of ether oxygens (including phenoxy) is 2. The van der Waals surface area contributed by atoms with Crippen molar-refractivity contribution in [1.82, 2.24) is 20.2 Å². The maximum absolute atomic E-state index is 12.3. The van der Waals surface area contributed by atoms with Gasteiger partial charge < -0.3 is 14.8 Å². The van der Waals surface area contributed by atoms with Crippen molar-refractivity contribution in [2.45, 2.75) is 0 Å². The lowest BCUT2D eigenvalue weighted by Gasteiger charge is -2.10. The molecule has 24 heavy (non-hydrogen) atoms. The first kappa shape index (κ1) is 15.5. The van der Waals surface area contributed by atoms with Gasteiger partial charge in [-0.3, -0.25) is 4.79 Å². The number of carbonyl (C=O) groups is 1. The summed E-state index contributed by atoms with van der Waals surface area (Å²) in [6, 6.07) is 12.1. The summed E-state index contributed by atoms with van der Waals surface area (Å²) >= 11 is 0. The number of nitrogens with one attached hydrogen (secondary N) is 1. The van der Waals surface area contributed by atoms with Crippen LogP contribution < -0.4 is 14.8 Å². The lowest BCUT2D eigenvalue weighted by Crippen LogP contribution is -2.12. The average molecular weight is 325 g/mol. The molecule has 0 bridgehead atoms. The Balaban J connectivity index is 1.75. The molecule has 8 heteroatoms. The second-order valence-electron chi connectivity index (χ2n) is 4.83. The standard InChI is InChI=1S/C16H15N5O3/c1-23-14-8-5-12(9-15(14)24-2)18-16(22)11-3-6-13(7-4-11)21-10-17-19-20-21/h3-10H,1-2H3,(H,18,22). The van der Waals surface area contributed by atoms with Gasteiger partial charge in [0.25, 0.3) is 5.91 Å². The van der Waals surface area contributed by atoms with E-state index in [1.165, 1.54) is 11.0 Å². The van der Waals surface area contributed by atoms with Gasteiger partial charge in [0.2, 0.25) is 0 Å². The monoisotopic (exact) mass is 325 g/mol. The molecular formula is C16H15N5O3. The minimum atomic E-state index is -0.231. The number of aromatic nitrogens is 4. The molecule has 0 unspecified atom stereocenters. The van der Waals surface area contributed by atoms with Gasteiger partial charge in [-0.15, -0.1) is 5.10 Å². The molecule has 0 fully saturated rings. The molecule has 0 atom stereocenters. The highest BCUT2D eigenvalue weighted by Gasteiger charge is 2.09. The number of anilines is 1. The van der Waals surface area contributed by atoms with Gasteiger partial charge in [0.05, 0.1) is 19.9 Å². The number of carbonyl (C=O) groups excluding carboxylic acids is 1. The Bertz CT molecular complexity index is 831. The molecule has 1 aromatic heterocycles. The van der Waals surface area contributed by atoms with Gasteiger partial charge >= 0.3 is 0 Å². The maximum Gasteiger partial charge on any atom is 0.255 e. The van der Waals surface area contributed by atoms with Gasteiger partial charge in [-0.1, -0.05) is 0 Å². The highest BCUT2D eigenvalue weighted by atomic mass is 16.5. The van der Waals surface area contributed by atoms with E-state index in [2.05, 4.69) is 20.8 Å². The van der Waals surface area contributed by atoms with Crippen LogP contribution in [0, 0.1) is 0 Å². The molecule has 0 spiro atoms. The quantitative estimate of drug-likeness (QED) is 0.771. The van der Waals surface area contributed by atoms with Gasteiger partial charge in [0, 0.05) is 17.3 Å². The Morgan fingerprint density at radius 3 is 2.42 bits per heavy atom. The Morgan fingerprint density at radius 1 is 1.04 bits per heavy atom. The molecule has 1 N–H and O–H groups in total. The zero-order valence-electron chi connectivity index (χ0n) is 13.1. The fourth-order valence-electron chi connectivity index (χ4n) is 2.16. The molecule has 3 rings (SSSR count). The van der Waals surface area contributed by atoms with E-state index in [9.17, 15) is 4.79 Å². The van der Waals surface area contributed by atoms with E-state index >= 15 is 0 Å². The second-order valence-corrected chi connectivity index (χ2v) is 4.83. The smallest absolute Gasteiger partial charge is 0.255 e. The first-order valence-electron chi connectivity index (χ1n) is 7.08. The lowest BCUT2D eigenvalue weighted by atomic mass is 10.2. The summed E-state index contributed by atoms with van der Waals surface area (Å²) in [5.41, 5.74) is 1.89. The van der Waals surface area contributed by atoms with Crippen LogP contribution in [0.4, 0.5) is 5.69 Å². The molecule has 3 aromatic rings. The second kappa shape index (κ2) is 6.78. The van der Waals surface area contributed by atoms with Gasteiger partial charge in [0.15, 0.2) is 11.5 Å². The Morgan fingerprint density at radius 2 is 1.79 bits per heavy atom. The summed E-state index contributed by atoms with van der Waals surface area (Å²) in [5, 5.41) is 13.8. The maximum atomic E-state index is 12.3. The van der Waals surface area contributed by atoms with E-state index < -0.39 is 0 Å². The molecule has 1 amide bonds. The van der Waals surface area contributed by atoms with Crippen LogP contribution >= 0.6 is 0 Å². The number of nitrogens with zero attached hydrogens (tertiary/aromatic N) is 4. The lowest BCUT2D eigenvalue weighted by molar-refractivity contribution is 0.102. The van der Waals surface area contributed by atoms with E-state index in [0.717, 1.165) is 5.69 Å². The van der Waals surface area contributed by atoms with E-state index in [0.29, 0.717) is 22.7 Å². The van der Waals surface area contributed by atoms with Crippen molar-refractivity contribution in [3.63, 3.8) is 0 Å². The fourth-order valence-corrected chi connectivity index (χ4v) is 2.16. The SMILES string of the molecule is COc1ccc(NC(=O)c2ccc(-n3cnnn3)cc2)cc1OC. The van der Waals surface area contributed by atoms with E-state index in [4.69, 9.17) is 9.47 Å². The number of amides is 1. The Hall–Kier alpha value is -3.42. The molecule has 0 saturated carbocycles. The van der Waals surface area contributed by atoms with Crippen LogP contribution in [0.25, 0.3) is 5.69 Å². The van der Waals surface area contributed by atoms with Crippen LogP contribution in [-0.4, -0.2) is 40.3 Å². The molecule has 1 heterocycles. The summed E-state index contributed by atoms with van der Waals surface area (Å²) < 4.78 is 11.9. The highest BCUT2D eigenvalue weighted by molar-refractivity contribution is 6.04. The zero-order valence-corrected chi connectivity index (χ0v) is 13.1.